The number of benzene rings is 1. The number of hydrogen-bond acceptors (Lipinski definition) is 3. The number of amides is 1. The largest absolute Gasteiger partial charge is 0.339 e. The van der Waals surface area contributed by atoms with Crippen molar-refractivity contribution in [2.45, 2.75) is 30.7 Å². The Bertz CT molecular complexity index is 576. The van der Waals surface area contributed by atoms with Gasteiger partial charge in [0.2, 0.25) is 15.9 Å². The third-order valence-electron chi connectivity index (χ3n) is 3.55. The summed E-state index contributed by atoms with van der Waals surface area (Å²) in [4.78, 5) is 13.8. The quantitative estimate of drug-likeness (QED) is 0.902. The molecule has 1 atom stereocenters. The lowest BCUT2D eigenvalue weighted by atomic mass is 10.1. The molecule has 0 radical (unpaired) electrons. The molecule has 2 N–H and O–H groups in total. The Morgan fingerprint density at radius 2 is 1.84 bits per heavy atom. The highest BCUT2D eigenvalue weighted by Gasteiger charge is 2.33. The molecule has 1 saturated carbocycles. The van der Waals surface area contributed by atoms with Crippen LogP contribution in [-0.2, 0) is 14.8 Å². The highest BCUT2D eigenvalue weighted by atomic mass is 32.2. The maximum absolute atomic E-state index is 12.0. The third kappa shape index (κ3) is 3.13. The first kappa shape index (κ1) is 14.0. The summed E-state index contributed by atoms with van der Waals surface area (Å²) in [5.74, 6) is 0.333. The molecule has 0 aromatic heterocycles. The SMILES string of the molecule is C[C@@H](c1ccc(S(N)(=O)=O)cc1)N(C)C(=O)C1CC1. The first-order chi connectivity index (χ1) is 8.80. The van der Waals surface area contributed by atoms with E-state index in [1.165, 1.54) is 12.1 Å². The van der Waals surface area contributed by atoms with Crippen molar-refractivity contribution >= 4 is 15.9 Å². The maximum atomic E-state index is 12.0. The lowest BCUT2D eigenvalue weighted by molar-refractivity contribution is -0.133. The van der Waals surface area contributed by atoms with E-state index in [1.54, 1.807) is 24.1 Å². The number of primary sulfonamides is 1. The first-order valence-corrected chi connectivity index (χ1v) is 7.75. The molecule has 19 heavy (non-hydrogen) atoms. The molecule has 1 aromatic carbocycles. The van der Waals surface area contributed by atoms with Gasteiger partial charge in [-0.1, -0.05) is 12.1 Å². The van der Waals surface area contributed by atoms with Gasteiger partial charge < -0.3 is 4.90 Å². The van der Waals surface area contributed by atoms with Crippen LogP contribution in [0.4, 0.5) is 0 Å². The zero-order chi connectivity index (χ0) is 14.2. The van der Waals surface area contributed by atoms with Crippen LogP contribution in [0, 0.1) is 5.92 Å². The van der Waals surface area contributed by atoms with Crippen LogP contribution in [0.25, 0.3) is 0 Å². The number of nitrogens with two attached hydrogens (primary N) is 1. The van der Waals surface area contributed by atoms with Crippen molar-refractivity contribution in [3.05, 3.63) is 29.8 Å². The average molecular weight is 282 g/mol. The fourth-order valence-corrected chi connectivity index (χ4v) is 2.48. The lowest BCUT2D eigenvalue weighted by Crippen LogP contribution is -2.30. The summed E-state index contributed by atoms with van der Waals surface area (Å²) < 4.78 is 22.3. The molecule has 0 spiro atoms. The van der Waals surface area contributed by atoms with E-state index in [1.807, 2.05) is 6.92 Å². The molecule has 0 saturated heterocycles. The topological polar surface area (TPSA) is 80.5 Å². The van der Waals surface area contributed by atoms with E-state index < -0.39 is 10.0 Å². The molecule has 1 amide bonds. The summed E-state index contributed by atoms with van der Waals surface area (Å²) in [6.45, 7) is 1.92. The summed E-state index contributed by atoms with van der Waals surface area (Å²) in [7, 11) is -1.89. The number of carbonyl (C=O) groups is 1. The fraction of sp³-hybridized carbons (Fsp3) is 0.462. The molecule has 1 aliphatic rings. The minimum atomic E-state index is -3.67. The van der Waals surface area contributed by atoms with E-state index in [2.05, 4.69) is 0 Å². The molecule has 1 fully saturated rings. The number of hydrogen-bond donors (Lipinski definition) is 1. The van der Waals surface area contributed by atoms with Crippen LogP contribution < -0.4 is 5.14 Å². The van der Waals surface area contributed by atoms with Crippen molar-refractivity contribution in [1.82, 2.24) is 4.90 Å². The Morgan fingerprint density at radius 1 is 1.32 bits per heavy atom. The zero-order valence-corrected chi connectivity index (χ0v) is 11.9. The number of sulfonamides is 1. The van der Waals surface area contributed by atoms with Gasteiger partial charge in [-0.05, 0) is 37.5 Å². The van der Waals surface area contributed by atoms with E-state index in [9.17, 15) is 13.2 Å². The van der Waals surface area contributed by atoms with E-state index in [0.29, 0.717) is 0 Å². The fourth-order valence-electron chi connectivity index (χ4n) is 1.97. The monoisotopic (exact) mass is 282 g/mol. The van der Waals surface area contributed by atoms with Gasteiger partial charge in [0.05, 0.1) is 10.9 Å². The molecule has 104 valence electrons. The van der Waals surface area contributed by atoms with E-state index in [4.69, 9.17) is 5.14 Å². The molecule has 2 rings (SSSR count). The van der Waals surface area contributed by atoms with Crippen molar-refractivity contribution in [2.75, 3.05) is 7.05 Å². The summed E-state index contributed by atoms with van der Waals surface area (Å²) in [5, 5.41) is 5.05. The third-order valence-corrected chi connectivity index (χ3v) is 4.48. The molecule has 1 aromatic rings. The molecule has 0 bridgehead atoms. The van der Waals surface area contributed by atoms with Crippen LogP contribution in [-0.4, -0.2) is 26.3 Å². The highest BCUT2D eigenvalue weighted by Crippen LogP contribution is 2.33. The van der Waals surface area contributed by atoms with Gasteiger partial charge in [-0.25, -0.2) is 13.6 Å². The number of rotatable bonds is 4. The Labute approximate surface area is 113 Å². The Balaban J connectivity index is 2.15. The lowest BCUT2D eigenvalue weighted by Gasteiger charge is -2.25. The van der Waals surface area contributed by atoms with E-state index >= 15 is 0 Å². The van der Waals surface area contributed by atoms with Gasteiger partial charge in [0.15, 0.2) is 0 Å². The van der Waals surface area contributed by atoms with Gasteiger partial charge in [-0.2, -0.15) is 0 Å². The van der Waals surface area contributed by atoms with Gasteiger partial charge in [0.1, 0.15) is 0 Å². The molecular formula is C13H18N2O3S. The van der Waals surface area contributed by atoms with Crippen molar-refractivity contribution in [1.29, 1.82) is 0 Å². The zero-order valence-electron chi connectivity index (χ0n) is 11.0. The van der Waals surface area contributed by atoms with Crippen molar-refractivity contribution in [3.63, 3.8) is 0 Å². The predicted molar refractivity (Wildman–Crippen MR) is 71.7 cm³/mol. The second-order valence-electron chi connectivity index (χ2n) is 5.01. The first-order valence-electron chi connectivity index (χ1n) is 6.20. The summed E-state index contributed by atoms with van der Waals surface area (Å²) in [6.07, 6.45) is 1.94. The average Bonchev–Trinajstić information content (AvgIpc) is 3.19. The molecule has 0 unspecified atom stereocenters. The van der Waals surface area contributed by atoms with Gasteiger partial charge in [0, 0.05) is 13.0 Å². The van der Waals surface area contributed by atoms with Crippen LogP contribution in [0.15, 0.2) is 29.2 Å². The second-order valence-corrected chi connectivity index (χ2v) is 6.57. The van der Waals surface area contributed by atoms with Crippen LogP contribution in [0.2, 0.25) is 0 Å². The van der Waals surface area contributed by atoms with Crippen LogP contribution >= 0.6 is 0 Å². The summed E-state index contributed by atoms with van der Waals surface area (Å²) in [6, 6.07) is 6.25. The van der Waals surface area contributed by atoms with Gasteiger partial charge in [-0.15, -0.1) is 0 Å². The maximum Gasteiger partial charge on any atom is 0.238 e. The number of nitrogens with zero attached hydrogens (tertiary/aromatic N) is 1. The molecule has 0 aliphatic heterocycles. The van der Waals surface area contributed by atoms with Crippen LogP contribution in [0.1, 0.15) is 31.4 Å². The second kappa shape index (κ2) is 4.94. The van der Waals surface area contributed by atoms with Crippen LogP contribution in [0.3, 0.4) is 0 Å². The normalized spacial score (nSPS) is 17.0. The molecular weight excluding hydrogens is 264 g/mol. The van der Waals surface area contributed by atoms with Crippen molar-refractivity contribution in [2.24, 2.45) is 11.1 Å². The van der Waals surface area contributed by atoms with E-state index in [0.717, 1.165) is 18.4 Å². The van der Waals surface area contributed by atoms with Crippen molar-refractivity contribution in [3.8, 4) is 0 Å². The van der Waals surface area contributed by atoms with E-state index in [-0.39, 0.29) is 22.8 Å². The van der Waals surface area contributed by atoms with Crippen molar-refractivity contribution < 1.29 is 13.2 Å². The van der Waals surface area contributed by atoms with Gasteiger partial charge >= 0.3 is 0 Å². The molecule has 1 aliphatic carbocycles. The van der Waals surface area contributed by atoms with Gasteiger partial charge in [-0.3, -0.25) is 4.79 Å². The Kier molecular flexibility index (Phi) is 3.64. The molecule has 5 nitrogen and oxygen atoms in total. The Morgan fingerprint density at radius 3 is 2.26 bits per heavy atom. The standard InChI is InChI=1S/C13H18N2O3S/c1-9(15(2)13(16)11-3-4-11)10-5-7-12(8-6-10)19(14,17)18/h5-9,11H,3-4H2,1-2H3,(H2,14,17,18)/t9-/m0/s1. The summed E-state index contributed by atoms with van der Waals surface area (Å²) in [5.41, 5.74) is 0.893. The number of carbonyl (C=O) groups excluding carboxylic acids is 1. The minimum absolute atomic E-state index is 0.0809. The Hall–Kier alpha value is -1.40. The molecule has 6 heteroatoms. The summed E-state index contributed by atoms with van der Waals surface area (Å²) >= 11 is 0. The molecule has 0 heterocycles. The van der Waals surface area contributed by atoms with Crippen LogP contribution in [0.5, 0.6) is 0 Å². The minimum Gasteiger partial charge on any atom is -0.339 e. The predicted octanol–water partition coefficient (Wildman–Crippen LogP) is 1.26. The highest BCUT2D eigenvalue weighted by molar-refractivity contribution is 7.89. The van der Waals surface area contributed by atoms with Gasteiger partial charge in [0.25, 0.3) is 0 Å². The smallest absolute Gasteiger partial charge is 0.238 e.